The van der Waals surface area contributed by atoms with Crippen LogP contribution in [0.15, 0.2) is 47.4 Å². The number of nitrogens with one attached hydrogen (secondary N) is 2. The molecule has 3 rings (SSSR count). The summed E-state index contributed by atoms with van der Waals surface area (Å²) < 4.78 is 54.4. The van der Waals surface area contributed by atoms with Crippen LogP contribution in [0.3, 0.4) is 0 Å². The van der Waals surface area contributed by atoms with E-state index >= 15 is 0 Å². The number of benzene rings is 2. The lowest BCUT2D eigenvalue weighted by atomic mass is 10.0. The van der Waals surface area contributed by atoms with Crippen LogP contribution < -0.4 is 14.3 Å². The highest BCUT2D eigenvalue weighted by Gasteiger charge is 2.27. The van der Waals surface area contributed by atoms with Crippen molar-refractivity contribution in [3.8, 4) is 0 Å². The predicted molar refractivity (Wildman–Crippen MR) is 118 cm³/mol. The first-order valence-electron chi connectivity index (χ1n) is 9.66. The van der Waals surface area contributed by atoms with Crippen LogP contribution in [0.25, 0.3) is 0 Å². The number of hydrogen-bond donors (Lipinski definition) is 2. The number of hydrogen-bond acceptors (Lipinski definition) is 5. The molecule has 0 fully saturated rings. The topological polar surface area (TPSA) is 113 Å². The van der Waals surface area contributed by atoms with E-state index in [0.717, 1.165) is 5.56 Å². The van der Waals surface area contributed by atoms with Gasteiger partial charge >= 0.3 is 0 Å². The first-order valence-corrected chi connectivity index (χ1v) is 12.8. The van der Waals surface area contributed by atoms with Gasteiger partial charge in [-0.25, -0.2) is 16.8 Å². The van der Waals surface area contributed by atoms with Crippen molar-refractivity contribution in [1.29, 1.82) is 0 Å². The quantitative estimate of drug-likeness (QED) is 0.672. The van der Waals surface area contributed by atoms with Crippen molar-refractivity contribution < 1.29 is 21.6 Å². The molecule has 1 aliphatic heterocycles. The molecule has 0 atom stereocenters. The Morgan fingerprint density at radius 1 is 1.03 bits per heavy atom. The molecule has 1 heterocycles. The lowest BCUT2D eigenvalue weighted by Gasteiger charge is -2.30. The molecule has 10 heteroatoms. The second-order valence-corrected chi connectivity index (χ2v) is 10.8. The third-order valence-electron chi connectivity index (χ3n) is 4.69. The maximum absolute atomic E-state index is 12.7. The summed E-state index contributed by atoms with van der Waals surface area (Å²) in [6.07, 6.45) is 1.89. The van der Waals surface area contributed by atoms with Crippen molar-refractivity contribution in [3.05, 3.63) is 48.0 Å². The SMILES string of the molecule is CCCS(=O)(=O)N1CCCc2cc(NS(=O)(=O)c3ccc(NC(C)=O)cc3)ccc21. The van der Waals surface area contributed by atoms with Gasteiger partial charge in [-0.3, -0.25) is 13.8 Å². The van der Waals surface area contributed by atoms with Crippen LogP contribution in [0.4, 0.5) is 17.1 Å². The van der Waals surface area contributed by atoms with Crippen molar-refractivity contribution in [3.63, 3.8) is 0 Å². The van der Waals surface area contributed by atoms with Crippen molar-refractivity contribution >= 4 is 43.0 Å². The number of amides is 1. The van der Waals surface area contributed by atoms with Crippen LogP contribution in [-0.2, 0) is 31.3 Å². The second-order valence-electron chi connectivity index (χ2n) is 7.15. The van der Waals surface area contributed by atoms with Crippen LogP contribution in [0.2, 0.25) is 0 Å². The van der Waals surface area contributed by atoms with Crippen molar-refractivity contribution in [2.45, 2.75) is 38.0 Å². The Hall–Kier alpha value is -2.59. The van der Waals surface area contributed by atoms with Gasteiger partial charge in [0.15, 0.2) is 0 Å². The molecule has 0 aromatic heterocycles. The first kappa shape index (κ1) is 22.1. The summed E-state index contributed by atoms with van der Waals surface area (Å²) in [5.41, 5.74) is 2.28. The second kappa shape index (κ2) is 8.65. The van der Waals surface area contributed by atoms with Gasteiger partial charge in [-0.05, 0) is 67.3 Å². The Bertz CT molecular complexity index is 1140. The van der Waals surface area contributed by atoms with Gasteiger partial charge in [0, 0.05) is 24.8 Å². The van der Waals surface area contributed by atoms with Crippen LogP contribution >= 0.6 is 0 Å². The van der Waals surface area contributed by atoms with E-state index in [0.29, 0.717) is 42.9 Å². The summed E-state index contributed by atoms with van der Waals surface area (Å²) in [6, 6.07) is 10.8. The number of anilines is 3. The predicted octanol–water partition coefficient (Wildman–Crippen LogP) is 2.94. The third-order valence-corrected chi connectivity index (χ3v) is 8.06. The standard InChI is InChI=1S/C20H25N3O5S2/c1-3-13-29(25,26)23-12-4-5-16-14-18(8-11-20(16)23)22-30(27,28)19-9-6-17(7-10-19)21-15(2)24/h6-11,14,22H,3-5,12-13H2,1-2H3,(H,21,24). The number of carbonyl (C=O) groups is 1. The molecule has 1 aliphatic rings. The first-order chi connectivity index (χ1) is 14.1. The molecule has 0 aliphatic carbocycles. The molecule has 2 aromatic rings. The number of sulfonamides is 2. The molecular weight excluding hydrogens is 426 g/mol. The molecule has 162 valence electrons. The van der Waals surface area contributed by atoms with Gasteiger partial charge in [0.1, 0.15) is 0 Å². The number of carbonyl (C=O) groups excluding carboxylic acids is 1. The minimum atomic E-state index is -3.83. The van der Waals surface area contributed by atoms with Gasteiger partial charge in [-0.2, -0.15) is 0 Å². The minimum Gasteiger partial charge on any atom is -0.326 e. The summed E-state index contributed by atoms with van der Waals surface area (Å²) in [5, 5.41) is 2.58. The lowest BCUT2D eigenvalue weighted by Crippen LogP contribution is -2.37. The Balaban J connectivity index is 1.83. The van der Waals surface area contributed by atoms with Gasteiger partial charge in [-0.1, -0.05) is 6.92 Å². The fraction of sp³-hybridized carbons (Fsp3) is 0.350. The number of fused-ring (bicyclic) bond motifs is 1. The number of rotatable bonds is 7. The van der Waals surface area contributed by atoms with E-state index in [4.69, 9.17) is 0 Å². The normalized spacial score (nSPS) is 14.1. The molecule has 2 aromatic carbocycles. The summed E-state index contributed by atoms with van der Waals surface area (Å²) in [6.45, 7) is 3.63. The highest BCUT2D eigenvalue weighted by atomic mass is 32.2. The highest BCUT2D eigenvalue weighted by molar-refractivity contribution is 7.93. The van der Waals surface area contributed by atoms with Crippen LogP contribution in [0.1, 0.15) is 32.3 Å². The summed E-state index contributed by atoms with van der Waals surface area (Å²) in [5.74, 6) is -0.164. The van der Waals surface area contributed by atoms with E-state index < -0.39 is 20.0 Å². The lowest BCUT2D eigenvalue weighted by molar-refractivity contribution is -0.114. The molecule has 30 heavy (non-hydrogen) atoms. The van der Waals surface area contributed by atoms with E-state index in [9.17, 15) is 21.6 Å². The summed E-state index contributed by atoms with van der Waals surface area (Å²) in [4.78, 5) is 11.1. The van der Waals surface area contributed by atoms with E-state index in [1.807, 2.05) is 6.92 Å². The van der Waals surface area contributed by atoms with Gasteiger partial charge in [0.05, 0.1) is 16.3 Å². The van der Waals surface area contributed by atoms with Crippen LogP contribution in [0.5, 0.6) is 0 Å². The smallest absolute Gasteiger partial charge is 0.261 e. The molecule has 0 spiro atoms. The van der Waals surface area contributed by atoms with E-state index in [1.54, 1.807) is 18.2 Å². The Kier molecular flexibility index (Phi) is 6.37. The zero-order valence-electron chi connectivity index (χ0n) is 16.9. The van der Waals surface area contributed by atoms with Crippen LogP contribution in [-0.4, -0.2) is 35.0 Å². The maximum Gasteiger partial charge on any atom is 0.261 e. The zero-order valence-corrected chi connectivity index (χ0v) is 18.5. The Morgan fingerprint density at radius 2 is 1.70 bits per heavy atom. The van der Waals surface area contributed by atoms with Crippen molar-refractivity contribution in [1.82, 2.24) is 0 Å². The fourth-order valence-corrected chi connectivity index (χ4v) is 6.09. The summed E-state index contributed by atoms with van der Waals surface area (Å²) in [7, 11) is -7.22. The average molecular weight is 452 g/mol. The Labute approximate surface area is 177 Å². The molecule has 1 amide bonds. The van der Waals surface area contributed by atoms with E-state index in [1.165, 1.54) is 35.5 Å². The third kappa shape index (κ3) is 4.93. The van der Waals surface area contributed by atoms with Gasteiger partial charge in [0.2, 0.25) is 15.9 Å². The molecule has 0 saturated heterocycles. The van der Waals surface area contributed by atoms with Gasteiger partial charge in [0.25, 0.3) is 10.0 Å². The number of nitrogens with zero attached hydrogens (tertiary/aromatic N) is 1. The molecule has 8 nitrogen and oxygen atoms in total. The van der Waals surface area contributed by atoms with E-state index in [-0.39, 0.29) is 16.6 Å². The molecule has 0 bridgehead atoms. The van der Waals surface area contributed by atoms with Gasteiger partial charge in [-0.15, -0.1) is 0 Å². The van der Waals surface area contributed by atoms with E-state index in [2.05, 4.69) is 10.0 Å². The average Bonchev–Trinajstić information content (AvgIpc) is 2.67. The van der Waals surface area contributed by atoms with Crippen molar-refractivity contribution in [2.75, 3.05) is 26.6 Å². The Morgan fingerprint density at radius 3 is 2.33 bits per heavy atom. The molecular formula is C20H25N3O5S2. The van der Waals surface area contributed by atoms with Crippen LogP contribution in [0, 0.1) is 0 Å². The molecule has 0 saturated carbocycles. The summed E-state index contributed by atoms with van der Waals surface area (Å²) >= 11 is 0. The van der Waals surface area contributed by atoms with Crippen molar-refractivity contribution in [2.24, 2.45) is 0 Å². The number of aryl methyl sites for hydroxylation is 1. The monoisotopic (exact) mass is 451 g/mol. The molecule has 2 N–H and O–H groups in total. The molecule has 0 radical (unpaired) electrons. The molecule has 0 unspecified atom stereocenters. The minimum absolute atomic E-state index is 0.0569. The largest absolute Gasteiger partial charge is 0.326 e. The van der Waals surface area contributed by atoms with Gasteiger partial charge < -0.3 is 5.32 Å². The zero-order chi connectivity index (χ0) is 21.9. The fourth-order valence-electron chi connectivity index (χ4n) is 3.42. The maximum atomic E-state index is 12.7. The highest BCUT2D eigenvalue weighted by Crippen LogP contribution is 2.32.